The molecule has 0 atom stereocenters. The molecule has 5 nitrogen and oxygen atoms in total. The van der Waals surface area contributed by atoms with Crippen LogP contribution in [0, 0.1) is 19.7 Å². The van der Waals surface area contributed by atoms with Gasteiger partial charge in [0.1, 0.15) is 5.82 Å². The van der Waals surface area contributed by atoms with Gasteiger partial charge in [-0.1, -0.05) is 12.1 Å². The third-order valence-electron chi connectivity index (χ3n) is 6.82. The smallest absolute Gasteiger partial charge is 0.322 e. The third-order valence-corrected chi connectivity index (χ3v) is 6.82. The molecule has 4 rings (SSSR count). The Morgan fingerprint density at radius 2 is 1.83 bits per heavy atom. The maximum Gasteiger partial charge on any atom is 0.322 e. The average Bonchev–Trinajstić information content (AvgIpc) is 2.98. The lowest BCUT2D eigenvalue weighted by Gasteiger charge is -2.48. The van der Waals surface area contributed by atoms with Crippen molar-refractivity contribution in [2.75, 3.05) is 25.5 Å². The van der Waals surface area contributed by atoms with Crippen LogP contribution in [0.2, 0.25) is 0 Å². The van der Waals surface area contributed by atoms with Crippen molar-refractivity contribution < 1.29 is 9.18 Å². The first-order chi connectivity index (χ1) is 13.7. The lowest BCUT2D eigenvalue weighted by Crippen LogP contribution is -2.54. The van der Waals surface area contributed by atoms with Gasteiger partial charge < -0.3 is 5.32 Å². The summed E-state index contributed by atoms with van der Waals surface area (Å²) in [6.45, 7) is 4.54. The van der Waals surface area contributed by atoms with Crippen LogP contribution >= 0.6 is 0 Å². The lowest BCUT2D eigenvalue weighted by atomic mass is 9.69. The predicted octanol–water partition coefficient (Wildman–Crippen LogP) is 4.14. The van der Waals surface area contributed by atoms with E-state index in [0.717, 1.165) is 48.3 Å². The molecule has 2 heterocycles. The van der Waals surface area contributed by atoms with Crippen LogP contribution in [-0.4, -0.2) is 42.1 Å². The number of pyridine rings is 1. The van der Waals surface area contributed by atoms with Crippen molar-refractivity contribution in [3.63, 3.8) is 0 Å². The molecule has 1 aliphatic carbocycles. The number of nitrogens with zero attached hydrogens (tertiary/aromatic N) is 3. The largest absolute Gasteiger partial charge is 0.330 e. The first kappa shape index (κ1) is 19.8. The molecule has 6 heteroatoms. The Labute approximate surface area is 171 Å². The molecule has 2 aromatic rings. The number of carbonyl (C=O) groups is 1. The predicted molar refractivity (Wildman–Crippen MR) is 113 cm³/mol. The van der Waals surface area contributed by atoms with Crippen LogP contribution < -0.4 is 10.2 Å². The van der Waals surface area contributed by atoms with Gasteiger partial charge in [-0.15, -0.1) is 0 Å². The summed E-state index contributed by atoms with van der Waals surface area (Å²) in [7, 11) is 4.12. The molecule has 1 spiro atoms. The fourth-order valence-corrected chi connectivity index (χ4v) is 5.06. The molecular weight excluding hydrogens is 367 g/mol. The number of carbonyl (C=O) groups excluding carboxylic acids is 1. The van der Waals surface area contributed by atoms with Gasteiger partial charge in [0.25, 0.3) is 0 Å². The molecular formula is C23H29FN4O. The third kappa shape index (κ3) is 3.39. The van der Waals surface area contributed by atoms with E-state index < -0.39 is 0 Å². The van der Waals surface area contributed by atoms with Crippen molar-refractivity contribution in [3.05, 3.63) is 59.2 Å². The van der Waals surface area contributed by atoms with E-state index in [1.165, 1.54) is 6.07 Å². The molecule has 1 saturated heterocycles. The fourth-order valence-electron chi connectivity index (χ4n) is 5.06. The second-order valence-corrected chi connectivity index (χ2v) is 8.79. The molecule has 1 N–H and O–H groups in total. The van der Waals surface area contributed by atoms with Crippen molar-refractivity contribution in [2.24, 2.45) is 0 Å². The number of halogens is 1. The number of rotatable bonds is 3. The van der Waals surface area contributed by atoms with E-state index in [-0.39, 0.29) is 22.9 Å². The number of benzene rings is 1. The van der Waals surface area contributed by atoms with Gasteiger partial charge >= 0.3 is 6.03 Å². The van der Waals surface area contributed by atoms with E-state index in [1.807, 2.05) is 36.9 Å². The molecule has 1 aromatic heterocycles. The van der Waals surface area contributed by atoms with Crippen molar-refractivity contribution >= 4 is 11.7 Å². The zero-order valence-electron chi connectivity index (χ0n) is 17.6. The van der Waals surface area contributed by atoms with Gasteiger partial charge in [-0.25, -0.2) is 9.18 Å². The second-order valence-electron chi connectivity index (χ2n) is 8.79. The Morgan fingerprint density at radius 1 is 1.10 bits per heavy atom. The van der Waals surface area contributed by atoms with Crippen LogP contribution in [0.4, 0.5) is 14.9 Å². The van der Waals surface area contributed by atoms with E-state index in [9.17, 15) is 9.18 Å². The molecule has 0 radical (unpaired) electrons. The first-order valence-electron chi connectivity index (χ1n) is 10.2. The maximum absolute atomic E-state index is 13.9. The van der Waals surface area contributed by atoms with Crippen LogP contribution in [-0.2, 0) is 5.54 Å². The number of hydrogen-bond acceptors (Lipinski definition) is 3. The Bertz CT molecular complexity index is 934. The molecule has 1 aromatic carbocycles. The number of hydrogen-bond donors (Lipinski definition) is 1. The quantitative estimate of drug-likeness (QED) is 0.848. The Hall–Kier alpha value is -2.47. The maximum atomic E-state index is 13.9. The monoisotopic (exact) mass is 396 g/mol. The summed E-state index contributed by atoms with van der Waals surface area (Å²) < 4.78 is 13.9. The Kier molecular flexibility index (Phi) is 4.85. The summed E-state index contributed by atoms with van der Waals surface area (Å²) in [6, 6.07) is 10.8. The highest BCUT2D eigenvalue weighted by atomic mass is 19.1. The summed E-state index contributed by atoms with van der Waals surface area (Å²) in [4.78, 5) is 21.4. The lowest BCUT2D eigenvalue weighted by molar-refractivity contribution is 0.0655. The molecule has 29 heavy (non-hydrogen) atoms. The number of nitrogens with one attached hydrogen (secondary N) is 1. The zero-order valence-corrected chi connectivity index (χ0v) is 17.6. The van der Waals surface area contributed by atoms with Gasteiger partial charge in [-0.2, -0.15) is 0 Å². The summed E-state index contributed by atoms with van der Waals surface area (Å²) in [5, 5.41) is 3.27. The average molecular weight is 397 g/mol. The van der Waals surface area contributed by atoms with Gasteiger partial charge in [-0.3, -0.25) is 14.8 Å². The van der Waals surface area contributed by atoms with Crippen molar-refractivity contribution in [1.29, 1.82) is 0 Å². The van der Waals surface area contributed by atoms with Gasteiger partial charge in [0.15, 0.2) is 0 Å². The summed E-state index contributed by atoms with van der Waals surface area (Å²) >= 11 is 0. The summed E-state index contributed by atoms with van der Waals surface area (Å²) in [5.74, 6) is -0.202. The second kappa shape index (κ2) is 7.10. The highest BCUT2D eigenvalue weighted by Crippen LogP contribution is 2.46. The van der Waals surface area contributed by atoms with Crippen LogP contribution in [0.15, 0.2) is 36.4 Å². The van der Waals surface area contributed by atoms with Crippen molar-refractivity contribution in [1.82, 2.24) is 15.2 Å². The molecule has 2 fully saturated rings. The molecule has 0 unspecified atom stereocenters. The van der Waals surface area contributed by atoms with Gasteiger partial charge in [0, 0.05) is 11.2 Å². The zero-order chi connectivity index (χ0) is 20.8. The number of aryl methyl sites for hydroxylation is 2. The molecule has 154 valence electrons. The number of amides is 2. The standard InChI is InChI=1S/C23H29FN4O/c1-16-8-9-20(17(2)25-16)28-15-22(26-21(28)29)10-12-23(13-11-22,27(3)4)18-6-5-7-19(24)14-18/h5-9,14H,10-13,15H2,1-4H3,(H,26,29). The fraction of sp³-hybridized carbons (Fsp3) is 0.478. The van der Waals surface area contributed by atoms with Crippen molar-refractivity contribution in [2.45, 2.75) is 50.6 Å². The van der Waals surface area contributed by atoms with E-state index in [0.29, 0.717) is 6.54 Å². The minimum atomic E-state index is -0.249. The first-order valence-corrected chi connectivity index (χ1v) is 10.2. The van der Waals surface area contributed by atoms with E-state index in [1.54, 1.807) is 12.1 Å². The topological polar surface area (TPSA) is 48.5 Å². The molecule has 1 aliphatic heterocycles. The minimum Gasteiger partial charge on any atom is -0.330 e. The van der Waals surface area contributed by atoms with E-state index in [4.69, 9.17) is 0 Å². The Balaban J connectivity index is 1.57. The number of aromatic nitrogens is 1. The summed E-state index contributed by atoms with van der Waals surface area (Å²) in [5.41, 5.74) is 3.24. The van der Waals surface area contributed by atoms with Gasteiger partial charge in [-0.05, 0) is 83.5 Å². The SMILES string of the molecule is Cc1ccc(N2CC3(CCC(c4cccc(F)c4)(N(C)C)CC3)NC2=O)c(C)n1. The van der Waals surface area contributed by atoms with Crippen LogP contribution in [0.3, 0.4) is 0 Å². The Morgan fingerprint density at radius 3 is 2.45 bits per heavy atom. The normalized spacial score (nSPS) is 27.0. The molecule has 0 bridgehead atoms. The minimum absolute atomic E-state index is 0.0538. The molecule has 1 saturated carbocycles. The van der Waals surface area contributed by atoms with Gasteiger partial charge in [0.2, 0.25) is 0 Å². The number of urea groups is 1. The van der Waals surface area contributed by atoms with Crippen molar-refractivity contribution in [3.8, 4) is 0 Å². The highest BCUT2D eigenvalue weighted by molar-refractivity contribution is 5.95. The molecule has 2 amide bonds. The van der Waals surface area contributed by atoms with Crippen LogP contribution in [0.1, 0.15) is 42.6 Å². The van der Waals surface area contributed by atoms with E-state index in [2.05, 4.69) is 29.3 Å². The number of anilines is 1. The van der Waals surface area contributed by atoms with Crippen LogP contribution in [0.25, 0.3) is 0 Å². The highest BCUT2D eigenvalue weighted by Gasteiger charge is 2.50. The summed E-state index contributed by atoms with van der Waals surface area (Å²) in [6.07, 6.45) is 3.43. The molecule has 2 aliphatic rings. The van der Waals surface area contributed by atoms with Crippen LogP contribution in [0.5, 0.6) is 0 Å². The van der Waals surface area contributed by atoms with E-state index >= 15 is 0 Å². The van der Waals surface area contributed by atoms with Gasteiger partial charge in [0.05, 0.1) is 23.5 Å².